The molecule has 0 unspecified atom stereocenters. The van der Waals surface area contributed by atoms with Crippen LogP contribution in [-0.4, -0.2) is 88.5 Å². The van der Waals surface area contributed by atoms with Crippen molar-refractivity contribution in [2.75, 3.05) is 77.3 Å². The summed E-state index contributed by atoms with van der Waals surface area (Å²) in [6, 6.07) is 5.91. The van der Waals surface area contributed by atoms with Gasteiger partial charge >= 0.3 is 0 Å². The molecule has 0 aliphatic heterocycles. The van der Waals surface area contributed by atoms with Crippen LogP contribution in [0.4, 0.5) is 11.4 Å². The van der Waals surface area contributed by atoms with E-state index in [1.165, 1.54) is 12.1 Å². The summed E-state index contributed by atoms with van der Waals surface area (Å²) in [5.74, 6) is -1.72. The predicted molar refractivity (Wildman–Crippen MR) is 130 cm³/mol. The van der Waals surface area contributed by atoms with Crippen LogP contribution >= 0.6 is 0 Å². The second kappa shape index (κ2) is 12.3. The number of aromatic hydroxyl groups is 2. The molecule has 1 aliphatic carbocycles. The number of carbonyl (C=O) groups excluding carboxylic acids is 2. The molecule has 3 rings (SSSR count). The number of phenols is 2. The Hall–Kier alpha value is -3.18. The van der Waals surface area contributed by atoms with Gasteiger partial charge in [0.2, 0.25) is 11.6 Å². The number of methoxy groups -OCH3 is 2. The monoisotopic (exact) mass is 472 g/mol. The van der Waals surface area contributed by atoms with E-state index in [9.17, 15) is 19.8 Å². The summed E-state index contributed by atoms with van der Waals surface area (Å²) in [5, 5.41) is 33.5. The van der Waals surface area contributed by atoms with E-state index >= 15 is 0 Å². The second-order valence-corrected chi connectivity index (χ2v) is 7.76. The van der Waals surface area contributed by atoms with Gasteiger partial charge in [-0.1, -0.05) is 0 Å². The molecule has 0 fully saturated rings. The molecule has 0 radical (unpaired) electrons. The van der Waals surface area contributed by atoms with E-state index in [1.807, 2.05) is 0 Å². The molecule has 184 valence electrons. The van der Waals surface area contributed by atoms with E-state index in [-0.39, 0.29) is 33.8 Å². The van der Waals surface area contributed by atoms with E-state index in [1.54, 1.807) is 26.4 Å². The third-order valence-corrected chi connectivity index (χ3v) is 5.48. The lowest BCUT2D eigenvalue weighted by molar-refractivity contribution is 0.0975. The molecule has 10 nitrogen and oxygen atoms in total. The molecule has 0 atom stereocenters. The van der Waals surface area contributed by atoms with Crippen LogP contribution in [0, 0.1) is 0 Å². The Morgan fingerprint density at radius 3 is 1.41 bits per heavy atom. The van der Waals surface area contributed by atoms with Crippen molar-refractivity contribution >= 4 is 22.9 Å². The first-order chi connectivity index (χ1) is 16.5. The van der Waals surface area contributed by atoms with Crippen LogP contribution in [0.3, 0.4) is 0 Å². The van der Waals surface area contributed by atoms with Crippen molar-refractivity contribution in [2.24, 2.45) is 0 Å². The minimum atomic E-state index is -0.519. The number of benzene rings is 2. The van der Waals surface area contributed by atoms with Crippen molar-refractivity contribution in [1.29, 1.82) is 0 Å². The Bertz CT molecular complexity index is 947. The number of rotatable bonds is 14. The SMILES string of the molecule is COCCNCCNc1ccc(NCCNCCOC)c2c1C(=O)c1c(O)ccc(O)c1C2=O. The minimum absolute atomic E-state index is 0.174. The summed E-state index contributed by atoms with van der Waals surface area (Å²) in [6.07, 6.45) is 0. The average molecular weight is 473 g/mol. The molecule has 0 saturated carbocycles. The van der Waals surface area contributed by atoms with Crippen molar-refractivity contribution in [3.05, 3.63) is 46.5 Å². The number of anilines is 2. The van der Waals surface area contributed by atoms with Crippen LogP contribution in [-0.2, 0) is 9.47 Å². The van der Waals surface area contributed by atoms with Gasteiger partial charge in [-0.25, -0.2) is 0 Å². The summed E-state index contributed by atoms with van der Waals surface area (Å²) in [5.41, 5.74) is 0.952. The number of hydrogen-bond donors (Lipinski definition) is 6. The van der Waals surface area contributed by atoms with Crippen molar-refractivity contribution in [3.8, 4) is 11.5 Å². The van der Waals surface area contributed by atoms with Crippen LogP contribution in [0.5, 0.6) is 11.5 Å². The van der Waals surface area contributed by atoms with Gasteiger partial charge in [-0.15, -0.1) is 0 Å². The molecule has 0 saturated heterocycles. The molecule has 34 heavy (non-hydrogen) atoms. The van der Waals surface area contributed by atoms with Crippen LogP contribution in [0.1, 0.15) is 31.8 Å². The number of hydrogen-bond acceptors (Lipinski definition) is 10. The number of phenolic OH excluding ortho intramolecular Hbond substituents is 2. The van der Waals surface area contributed by atoms with Crippen molar-refractivity contribution in [1.82, 2.24) is 10.6 Å². The third kappa shape index (κ3) is 5.65. The van der Waals surface area contributed by atoms with E-state index < -0.39 is 11.6 Å². The zero-order valence-electron chi connectivity index (χ0n) is 19.5. The summed E-state index contributed by atoms with van der Waals surface area (Å²) in [7, 11) is 3.26. The maximum absolute atomic E-state index is 13.5. The largest absolute Gasteiger partial charge is 0.507 e. The molecule has 1 aliphatic rings. The van der Waals surface area contributed by atoms with E-state index in [0.29, 0.717) is 63.9 Å². The molecule has 0 aromatic heterocycles. The molecular formula is C24H32N4O6. The lowest BCUT2D eigenvalue weighted by Gasteiger charge is -2.25. The van der Waals surface area contributed by atoms with Crippen LogP contribution in [0.15, 0.2) is 24.3 Å². The van der Waals surface area contributed by atoms with Crippen molar-refractivity contribution in [3.63, 3.8) is 0 Å². The molecule has 2 aromatic rings. The highest BCUT2D eigenvalue weighted by molar-refractivity contribution is 6.33. The Balaban J connectivity index is 1.88. The number of ketones is 2. The fraction of sp³-hybridized carbons (Fsp3) is 0.417. The maximum atomic E-state index is 13.5. The van der Waals surface area contributed by atoms with Gasteiger partial charge in [0.05, 0.1) is 35.5 Å². The molecule has 0 heterocycles. The highest BCUT2D eigenvalue weighted by Gasteiger charge is 2.37. The number of ether oxygens (including phenoxy) is 2. The average Bonchev–Trinajstić information content (AvgIpc) is 2.83. The third-order valence-electron chi connectivity index (χ3n) is 5.48. The van der Waals surface area contributed by atoms with Gasteiger partial charge in [0.1, 0.15) is 11.5 Å². The summed E-state index contributed by atoms with van der Waals surface area (Å²) in [6.45, 7) is 4.81. The fourth-order valence-electron chi connectivity index (χ4n) is 3.83. The normalized spacial score (nSPS) is 12.4. The highest BCUT2D eigenvalue weighted by atomic mass is 16.5. The number of nitrogens with one attached hydrogen (secondary N) is 4. The van der Waals surface area contributed by atoms with Gasteiger partial charge in [0.15, 0.2) is 0 Å². The fourth-order valence-corrected chi connectivity index (χ4v) is 3.83. The molecular weight excluding hydrogens is 440 g/mol. The van der Waals surface area contributed by atoms with Gasteiger partial charge < -0.3 is 41.0 Å². The lowest BCUT2D eigenvalue weighted by atomic mass is 9.81. The summed E-state index contributed by atoms with van der Waals surface area (Å²) >= 11 is 0. The van der Waals surface area contributed by atoms with Gasteiger partial charge in [0, 0.05) is 64.9 Å². The van der Waals surface area contributed by atoms with E-state index in [0.717, 1.165) is 0 Å². The van der Waals surface area contributed by atoms with Crippen molar-refractivity contribution in [2.45, 2.75) is 0 Å². The van der Waals surface area contributed by atoms with Gasteiger partial charge in [-0.2, -0.15) is 0 Å². The van der Waals surface area contributed by atoms with Crippen LogP contribution in [0.2, 0.25) is 0 Å². The zero-order valence-corrected chi connectivity index (χ0v) is 19.5. The molecule has 10 heteroatoms. The summed E-state index contributed by atoms with van der Waals surface area (Å²) < 4.78 is 10.0. The first-order valence-electron chi connectivity index (χ1n) is 11.2. The lowest BCUT2D eigenvalue weighted by Crippen LogP contribution is -2.29. The van der Waals surface area contributed by atoms with E-state index in [2.05, 4.69) is 21.3 Å². The Morgan fingerprint density at radius 2 is 1.03 bits per heavy atom. The van der Waals surface area contributed by atoms with Gasteiger partial charge in [0.25, 0.3) is 0 Å². The molecule has 6 N–H and O–H groups in total. The standard InChI is InChI=1S/C24H32N4O6/c1-33-13-11-25-7-9-27-15-3-4-16(28-10-8-26-12-14-34-2)20-19(15)23(31)21-17(29)5-6-18(30)22(21)24(20)32/h3-6,25-30H,7-14H2,1-2H3. The number of carbonyl (C=O) groups is 2. The zero-order chi connectivity index (χ0) is 24.5. The summed E-state index contributed by atoms with van der Waals surface area (Å²) in [4.78, 5) is 26.9. The van der Waals surface area contributed by atoms with Crippen molar-refractivity contribution < 1.29 is 29.3 Å². The minimum Gasteiger partial charge on any atom is -0.507 e. The van der Waals surface area contributed by atoms with Gasteiger partial charge in [-0.05, 0) is 24.3 Å². The smallest absolute Gasteiger partial charge is 0.200 e. The quantitative estimate of drug-likeness (QED) is 0.150. The Labute approximate surface area is 198 Å². The van der Waals surface area contributed by atoms with Crippen LogP contribution in [0.25, 0.3) is 0 Å². The molecule has 0 spiro atoms. The highest BCUT2D eigenvalue weighted by Crippen LogP contribution is 2.42. The molecule has 0 amide bonds. The maximum Gasteiger partial charge on any atom is 0.200 e. The Morgan fingerprint density at radius 1 is 0.618 bits per heavy atom. The first kappa shape index (κ1) is 25.4. The van der Waals surface area contributed by atoms with Crippen LogP contribution < -0.4 is 21.3 Å². The number of fused-ring (bicyclic) bond motifs is 2. The second-order valence-electron chi connectivity index (χ2n) is 7.76. The molecule has 0 bridgehead atoms. The van der Waals surface area contributed by atoms with E-state index in [4.69, 9.17) is 9.47 Å². The van der Waals surface area contributed by atoms with Gasteiger partial charge in [-0.3, -0.25) is 9.59 Å². The topological polar surface area (TPSA) is 141 Å². The predicted octanol–water partition coefficient (Wildman–Crippen LogP) is 1.17. The first-order valence-corrected chi connectivity index (χ1v) is 11.2. The molecule has 2 aromatic carbocycles. The Kier molecular flexibility index (Phi) is 9.23.